The van der Waals surface area contributed by atoms with Crippen molar-refractivity contribution in [2.75, 3.05) is 6.54 Å². The highest BCUT2D eigenvalue weighted by Gasteiger charge is 2.17. The van der Waals surface area contributed by atoms with Crippen molar-refractivity contribution in [3.8, 4) is 0 Å². The van der Waals surface area contributed by atoms with Crippen molar-refractivity contribution >= 4 is 39.1 Å². The number of rotatable bonds is 6. The minimum absolute atomic E-state index is 0.215. The van der Waals surface area contributed by atoms with Crippen molar-refractivity contribution < 1.29 is 18.4 Å². The van der Waals surface area contributed by atoms with E-state index in [9.17, 15) is 18.4 Å². The van der Waals surface area contributed by atoms with Crippen LogP contribution in [-0.4, -0.2) is 24.4 Å². The molecule has 2 aromatic rings. The molecule has 128 valence electrons. The molecule has 8 heteroatoms. The molecule has 1 atom stereocenters. The first kappa shape index (κ1) is 18.5. The second-order valence-corrected chi connectivity index (χ2v) is 7.58. The first-order chi connectivity index (χ1) is 11.3. The molecule has 0 radical (unpaired) electrons. The quantitative estimate of drug-likeness (QED) is 0.758. The van der Waals surface area contributed by atoms with Gasteiger partial charge in [0.15, 0.2) is 0 Å². The average Bonchev–Trinajstić information content (AvgIpc) is 2.92. The van der Waals surface area contributed by atoms with Crippen LogP contribution in [0.2, 0.25) is 0 Å². The van der Waals surface area contributed by atoms with Gasteiger partial charge in [-0.2, -0.15) is 0 Å². The molecule has 1 unspecified atom stereocenters. The Morgan fingerprint density at radius 3 is 2.46 bits per heavy atom. The molecule has 0 saturated heterocycles. The van der Waals surface area contributed by atoms with Crippen LogP contribution in [0, 0.1) is 11.6 Å². The fourth-order valence-corrected chi connectivity index (χ4v) is 3.30. The third-order valence-corrected chi connectivity index (χ3v) is 4.80. The van der Waals surface area contributed by atoms with Gasteiger partial charge in [-0.25, -0.2) is 8.78 Å². The third-order valence-electron chi connectivity index (χ3n) is 3.17. The van der Waals surface area contributed by atoms with Crippen LogP contribution in [0.15, 0.2) is 34.1 Å². The summed E-state index contributed by atoms with van der Waals surface area (Å²) in [5.41, 5.74) is 0.452. The minimum atomic E-state index is -0.720. The number of halogens is 3. The summed E-state index contributed by atoms with van der Waals surface area (Å²) in [6, 6.07) is 5.92. The summed E-state index contributed by atoms with van der Waals surface area (Å²) < 4.78 is 27.0. The van der Waals surface area contributed by atoms with Crippen molar-refractivity contribution in [3.63, 3.8) is 0 Å². The molecule has 0 saturated carbocycles. The zero-order valence-electron chi connectivity index (χ0n) is 12.7. The molecule has 0 bridgehead atoms. The highest BCUT2D eigenvalue weighted by molar-refractivity contribution is 9.11. The molecule has 1 aromatic heterocycles. The van der Waals surface area contributed by atoms with E-state index in [0.717, 1.165) is 9.85 Å². The minimum Gasteiger partial charge on any atom is -0.354 e. The van der Waals surface area contributed by atoms with E-state index in [1.807, 2.05) is 0 Å². The number of carbonyl (C=O) groups excluding carboxylic acids is 2. The molecule has 0 aliphatic rings. The topological polar surface area (TPSA) is 58.2 Å². The van der Waals surface area contributed by atoms with E-state index in [2.05, 4.69) is 26.6 Å². The van der Waals surface area contributed by atoms with Crippen LogP contribution in [0.3, 0.4) is 0 Å². The van der Waals surface area contributed by atoms with Gasteiger partial charge < -0.3 is 10.6 Å². The Hall–Kier alpha value is -1.80. The largest absolute Gasteiger partial charge is 0.354 e. The standard InChI is InChI=1S/C16H15BrF2N2O2S/c1-9(21-16(23)13-2-3-14(17)24-13)15(22)20-5-4-10-6-11(18)8-12(19)7-10/h2-3,6-9H,4-5H2,1H3,(H,20,22)(H,21,23). The van der Waals surface area contributed by atoms with Crippen LogP contribution in [0.25, 0.3) is 0 Å². The first-order valence-corrected chi connectivity index (χ1v) is 8.75. The maximum absolute atomic E-state index is 13.1. The number of carbonyl (C=O) groups is 2. The molecule has 2 N–H and O–H groups in total. The Morgan fingerprint density at radius 1 is 1.21 bits per heavy atom. The van der Waals surface area contributed by atoms with Crippen LogP contribution in [0.1, 0.15) is 22.2 Å². The van der Waals surface area contributed by atoms with Crippen molar-refractivity contribution in [1.82, 2.24) is 10.6 Å². The number of hydrogen-bond donors (Lipinski definition) is 2. The van der Waals surface area contributed by atoms with Crippen molar-refractivity contribution in [3.05, 3.63) is 56.2 Å². The summed E-state index contributed by atoms with van der Waals surface area (Å²) in [4.78, 5) is 24.4. The van der Waals surface area contributed by atoms with E-state index in [1.54, 1.807) is 19.1 Å². The van der Waals surface area contributed by atoms with Crippen LogP contribution in [0.4, 0.5) is 8.78 Å². The zero-order valence-corrected chi connectivity index (χ0v) is 15.1. The summed E-state index contributed by atoms with van der Waals surface area (Å²) in [6.07, 6.45) is 0.291. The van der Waals surface area contributed by atoms with E-state index in [4.69, 9.17) is 0 Å². The molecule has 0 spiro atoms. The van der Waals surface area contributed by atoms with E-state index in [1.165, 1.54) is 23.5 Å². The highest BCUT2D eigenvalue weighted by atomic mass is 79.9. The lowest BCUT2D eigenvalue weighted by molar-refractivity contribution is -0.122. The van der Waals surface area contributed by atoms with Gasteiger partial charge in [0, 0.05) is 12.6 Å². The average molecular weight is 417 g/mol. The van der Waals surface area contributed by atoms with Crippen molar-refractivity contribution in [1.29, 1.82) is 0 Å². The highest BCUT2D eigenvalue weighted by Crippen LogP contribution is 2.21. The van der Waals surface area contributed by atoms with Gasteiger partial charge in [-0.15, -0.1) is 11.3 Å². The Labute approximate surface area is 150 Å². The predicted molar refractivity (Wildman–Crippen MR) is 92.0 cm³/mol. The fourth-order valence-electron chi connectivity index (χ4n) is 2.01. The Balaban J connectivity index is 1.80. The van der Waals surface area contributed by atoms with Crippen LogP contribution in [0.5, 0.6) is 0 Å². The van der Waals surface area contributed by atoms with Crippen LogP contribution >= 0.6 is 27.3 Å². The number of nitrogens with one attached hydrogen (secondary N) is 2. The Bertz CT molecular complexity index is 731. The van der Waals surface area contributed by atoms with Gasteiger partial charge in [-0.3, -0.25) is 9.59 Å². The summed E-state index contributed by atoms with van der Waals surface area (Å²) in [7, 11) is 0. The molecular formula is C16H15BrF2N2O2S. The van der Waals surface area contributed by atoms with Gasteiger partial charge in [0.1, 0.15) is 17.7 Å². The van der Waals surface area contributed by atoms with Gasteiger partial charge >= 0.3 is 0 Å². The van der Waals surface area contributed by atoms with E-state index < -0.39 is 17.7 Å². The molecule has 24 heavy (non-hydrogen) atoms. The van der Waals surface area contributed by atoms with Crippen LogP contribution in [-0.2, 0) is 11.2 Å². The molecule has 0 fully saturated rings. The number of hydrogen-bond acceptors (Lipinski definition) is 3. The SMILES string of the molecule is CC(NC(=O)c1ccc(Br)s1)C(=O)NCCc1cc(F)cc(F)c1. The zero-order chi connectivity index (χ0) is 17.7. The van der Waals surface area contributed by atoms with Crippen molar-refractivity contribution in [2.24, 2.45) is 0 Å². The third kappa shape index (κ3) is 5.38. The van der Waals surface area contributed by atoms with E-state index >= 15 is 0 Å². The summed E-state index contributed by atoms with van der Waals surface area (Å²) in [5.74, 6) is -2.01. The molecule has 1 aromatic carbocycles. The molecular weight excluding hydrogens is 402 g/mol. The number of amides is 2. The van der Waals surface area contributed by atoms with Crippen molar-refractivity contribution in [2.45, 2.75) is 19.4 Å². The summed E-state index contributed by atoms with van der Waals surface area (Å²) >= 11 is 4.54. The fraction of sp³-hybridized carbons (Fsp3) is 0.250. The number of benzene rings is 1. The van der Waals surface area contributed by atoms with E-state index in [-0.39, 0.29) is 18.4 Å². The Kier molecular flexibility index (Phi) is 6.44. The monoisotopic (exact) mass is 416 g/mol. The lowest BCUT2D eigenvalue weighted by Gasteiger charge is -2.13. The smallest absolute Gasteiger partial charge is 0.262 e. The molecule has 4 nitrogen and oxygen atoms in total. The van der Waals surface area contributed by atoms with Gasteiger partial charge in [-0.05, 0) is 59.1 Å². The summed E-state index contributed by atoms with van der Waals surface area (Å²) in [5, 5.41) is 5.22. The maximum Gasteiger partial charge on any atom is 0.262 e. The molecule has 2 amide bonds. The molecule has 0 aliphatic carbocycles. The first-order valence-electron chi connectivity index (χ1n) is 7.14. The predicted octanol–water partition coefficient (Wildman–Crippen LogP) is 3.27. The van der Waals surface area contributed by atoms with Gasteiger partial charge in [-0.1, -0.05) is 0 Å². The molecule has 0 aliphatic heterocycles. The molecule has 1 heterocycles. The maximum atomic E-state index is 13.1. The normalized spacial score (nSPS) is 11.8. The lowest BCUT2D eigenvalue weighted by Crippen LogP contribution is -2.45. The van der Waals surface area contributed by atoms with Gasteiger partial charge in [0.2, 0.25) is 5.91 Å². The van der Waals surface area contributed by atoms with Gasteiger partial charge in [0.25, 0.3) is 5.91 Å². The second kappa shape index (κ2) is 8.34. The second-order valence-electron chi connectivity index (χ2n) is 5.12. The van der Waals surface area contributed by atoms with E-state index in [0.29, 0.717) is 16.9 Å². The molecule has 2 rings (SSSR count). The lowest BCUT2D eigenvalue weighted by atomic mass is 10.1. The summed E-state index contributed by atoms with van der Waals surface area (Å²) in [6.45, 7) is 1.78. The number of thiophene rings is 1. The van der Waals surface area contributed by atoms with Gasteiger partial charge in [0.05, 0.1) is 8.66 Å². The van der Waals surface area contributed by atoms with Crippen LogP contribution < -0.4 is 10.6 Å². The Morgan fingerprint density at radius 2 is 1.88 bits per heavy atom.